The van der Waals surface area contributed by atoms with Crippen LogP contribution >= 0.6 is 23.1 Å². The molecule has 0 saturated carbocycles. The third-order valence-electron chi connectivity index (χ3n) is 3.99. The number of anilines is 1. The van der Waals surface area contributed by atoms with Crippen molar-refractivity contribution < 1.29 is 19.1 Å². The lowest BCUT2D eigenvalue weighted by Crippen LogP contribution is -2.14. The lowest BCUT2D eigenvalue weighted by Gasteiger charge is -2.07. The average Bonchev–Trinajstić information content (AvgIpc) is 3.06. The van der Waals surface area contributed by atoms with Crippen LogP contribution in [0.25, 0.3) is 10.1 Å². The molecule has 0 aliphatic carbocycles. The Kier molecular flexibility index (Phi) is 6.95. The summed E-state index contributed by atoms with van der Waals surface area (Å²) in [5.74, 6) is 0.900. The fourth-order valence-electron chi connectivity index (χ4n) is 2.66. The highest BCUT2D eigenvalue weighted by molar-refractivity contribution is 7.99. The molecule has 0 aliphatic rings. The molecule has 1 N–H and O–H groups in total. The maximum absolute atomic E-state index is 12.4. The van der Waals surface area contributed by atoms with Crippen molar-refractivity contribution in [3.8, 4) is 5.75 Å². The zero-order valence-electron chi connectivity index (χ0n) is 15.7. The molecule has 0 aliphatic heterocycles. The molecule has 3 aromatic rings. The van der Waals surface area contributed by atoms with Crippen LogP contribution in [-0.4, -0.2) is 31.3 Å². The number of thiophene rings is 1. The molecule has 7 heteroatoms. The smallest absolute Gasteiger partial charge is 0.341 e. The highest BCUT2D eigenvalue weighted by Gasteiger charge is 2.21. The summed E-state index contributed by atoms with van der Waals surface area (Å²) in [7, 11) is 1.63. The van der Waals surface area contributed by atoms with E-state index in [9.17, 15) is 9.59 Å². The lowest BCUT2D eigenvalue weighted by atomic mass is 10.1. The predicted octanol–water partition coefficient (Wildman–Crippen LogP) is 5.21. The maximum atomic E-state index is 12.4. The molecular formula is C21H21NO4S2. The summed E-state index contributed by atoms with van der Waals surface area (Å²) in [6, 6.07) is 15.3. The van der Waals surface area contributed by atoms with Gasteiger partial charge < -0.3 is 14.8 Å². The molecule has 2 aromatic carbocycles. The second kappa shape index (κ2) is 9.61. The first-order valence-corrected chi connectivity index (χ1v) is 10.7. The minimum absolute atomic E-state index is 0.127. The molecule has 1 amide bonds. The van der Waals surface area contributed by atoms with Crippen LogP contribution in [0.15, 0.2) is 53.4 Å². The van der Waals surface area contributed by atoms with Crippen LogP contribution in [0.1, 0.15) is 23.7 Å². The third kappa shape index (κ3) is 4.85. The van der Waals surface area contributed by atoms with Crippen molar-refractivity contribution in [3.63, 3.8) is 0 Å². The largest absolute Gasteiger partial charge is 0.497 e. The molecule has 28 heavy (non-hydrogen) atoms. The Hall–Kier alpha value is -2.51. The number of hydrogen-bond acceptors (Lipinski definition) is 6. The van der Waals surface area contributed by atoms with Crippen LogP contribution in [-0.2, 0) is 9.53 Å². The number of fused-ring (bicyclic) bond motifs is 1. The van der Waals surface area contributed by atoms with Crippen molar-refractivity contribution in [1.82, 2.24) is 0 Å². The van der Waals surface area contributed by atoms with Gasteiger partial charge in [-0.15, -0.1) is 23.1 Å². The van der Waals surface area contributed by atoms with Gasteiger partial charge in [-0.3, -0.25) is 4.79 Å². The first kappa shape index (κ1) is 20.2. The Morgan fingerprint density at radius 1 is 1.11 bits per heavy atom. The Morgan fingerprint density at radius 3 is 2.57 bits per heavy atom. The summed E-state index contributed by atoms with van der Waals surface area (Å²) in [4.78, 5) is 25.9. The quantitative estimate of drug-likeness (QED) is 0.404. The fraction of sp³-hybridized carbons (Fsp3) is 0.238. The van der Waals surface area contributed by atoms with E-state index in [2.05, 4.69) is 5.32 Å². The monoisotopic (exact) mass is 415 g/mol. The lowest BCUT2D eigenvalue weighted by molar-refractivity contribution is -0.115. The van der Waals surface area contributed by atoms with Gasteiger partial charge in [0.05, 0.1) is 13.7 Å². The molecule has 0 spiro atoms. The second-order valence-corrected chi connectivity index (χ2v) is 8.07. The Bertz CT molecular complexity index is 966. The number of carbonyl (C=O) groups excluding carboxylic acids is 2. The van der Waals surface area contributed by atoms with E-state index in [1.807, 2.05) is 48.5 Å². The normalized spacial score (nSPS) is 10.6. The number of ether oxygens (including phenoxy) is 2. The fourth-order valence-corrected chi connectivity index (χ4v) is 4.62. The Morgan fingerprint density at radius 2 is 1.86 bits per heavy atom. The first-order valence-electron chi connectivity index (χ1n) is 8.87. The summed E-state index contributed by atoms with van der Waals surface area (Å²) in [5.41, 5.74) is 0.429. The first-order chi connectivity index (χ1) is 13.6. The van der Waals surface area contributed by atoms with E-state index in [-0.39, 0.29) is 12.5 Å². The van der Waals surface area contributed by atoms with E-state index in [1.165, 1.54) is 11.3 Å². The highest BCUT2D eigenvalue weighted by atomic mass is 32.2. The van der Waals surface area contributed by atoms with Crippen molar-refractivity contribution in [2.75, 3.05) is 24.8 Å². The molecule has 0 fully saturated rings. The zero-order valence-corrected chi connectivity index (χ0v) is 17.3. The standard InChI is InChI=1S/C21H21NO4S2/c1-3-26-21(24)19-16-6-4-5-7-17(16)28-20(19)22-18(23)12-13-27-15-10-8-14(25-2)9-11-15/h4-11H,3,12-13H2,1-2H3,(H,22,23). The molecule has 5 nitrogen and oxygen atoms in total. The summed E-state index contributed by atoms with van der Waals surface area (Å²) in [5, 5.41) is 4.23. The SMILES string of the molecule is CCOC(=O)c1c(NC(=O)CCSc2ccc(OC)cc2)sc2ccccc12. The van der Waals surface area contributed by atoms with Gasteiger partial charge in [0.1, 0.15) is 16.3 Å². The van der Waals surface area contributed by atoms with Gasteiger partial charge in [-0.1, -0.05) is 18.2 Å². The van der Waals surface area contributed by atoms with E-state index in [0.717, 1.165) is 20.7 Å². The van der Waals surface area contributed by atoms with Crippen LogP contribution in [0.3, 0.4) is 0 Å². The van der Waals surface area contributed by atoms with Gasteiger partial charge in [0.25, 0.3) is 0 Å². The molecular weight excluding hydrogens is 394 g/mol. The number of benzene rings is 2. The number of amides is 1. The molecule has 1 heterocycles. The predicted molar refractivity (Wildman–Crippen MR) is 115 cm³/mol. The van der Waals surface area contributed by atoms with E-state index >= 15 is 0 Å². The van der Waals surface area contributed by atoms with Gasteiger partial charge in [0.15, 0.2) is 0 Å². The van der Waals surface area contributed by atoms with Crippen LogP contribution < -0.4 is 10.1 Å². The summed E-state index contributed by atoms with van der Waals surface area (Å²) >= 11 is 2.98. The minimum atomic E-state index is -0.414. The van der Waals surface area contributed by atoms with Gasteiger partial charge in [-0.25, -0.2) is 4.79 Å². The molecule has 3 rings (SSSR count). The Labute approximate surface area is 172 Å². The maximum Gasteiger partial charge on any atom is 0.341 e. The van der Waals surface area contributed by atoms with Crippen molar-refractivity contribution in [1.29, 1.82) is 0 Å². The molecule has 0 unspecified atom stereocenters. The van der Waals surface area contributed by atoms with Crippen LogP contribution in [0, 0.1) is 0 Å². The molecule has 146 valence electrons. The van der Waals surface area contributed by atoms with Crippen molar-refractivity contribution in [2.45, 2.75) is 18.2 Å². The number of thioether (sulfide) groups is 1. The summed E-state index contributed by atoms with van der Waals surface area (Å²) < 4.78 is 11.3. The number of methoxy groups -OCH3 is 1. The van der Waals surface area contributed by atoms with Crippen molar-refractivity contribution in [2.24, 2.45) is 0 Å². The van der Waals surface area contributed by atoms with Crippen molar-refractivity contribution in [3.05, 3.63) is 54.1 Å². The summed E-state index contributed by atoms with van der Waals surface area (Å²) in [6.45, 7) is 2.05. The Balaban J connectivity index is 1.65. The van der Waals surface area contributed by atoms with Gasteiger partial charge in [0, 0.05) is 27.2 Å². The topological polar surface area (TPSA) is 64.6 Å². The second-order valence-electron chi connectivity index (χ2n) is 5.84. The third-order valence-corrected chi connectivity index (χ3v) is 6.09. The van der Waals surface area contributed by atoms with E-state index in [1.54, 1.807) is 25.8 Å². The van der Waals surface area contributed by atoms with Gasteiger partial charge >= 0.3 is 5.97 Å². The molecule has 0 saturated heterocycles. The number of rotatable bonds is 8. The van der Waals surface area contributed by atoms with Crippen LogP contribution in [0.4, 0.5) is 5.00 Å². The van der Waals surface area contributed by atoms with Crippen LogP contribution in [0.2, 0.25) is 0 Å². The molecule has 1 aromatic heterocycles. The number of hydrogen-bond donors (Lipinski definition) is 1. The van der Waals surface area contributed by atoms with E-state index in [0.29, 0.717) is 22.7 Å². The van der Waals surface area contributed by atoms with E-state index < -0.39 is 5.97 Å². The molecule has 0 atom stereocenters. The minimum Gasteiger partial charge on any atom is -0.497 e. The number of carbonyl (C=O) groups is 2. The van der Waals surface area contributed by atoms with E-state index in [4.69, 9.17) is 9.47 Å². The van der Waals surface area contributed by atoms with Crippen molar-refractivity contribution >= 4 is 50.1 Å². The molecule has 0 radical (unpaired) electrons. The van der Waals surface area contributed by atoms with Crippen LogP contribution in [0.5, 0.6) is 5.75 Å². The number of nitrogens with one attached hydrogen (secondary N) is 1. The van der Waals surface area contributed by atoms with Gasteiger partial charge in [-0.05, 0) is 37.3 Å². The van der Waals surface area contributed by atoms with Gasteiger partial charge in [-0.2, -0.15) is 0 Å². The highest BCUT2D eigenvalue weighted by Crippen LogP contribution is 2.36. The summed E-state index contributed by atoms with van der Waals surface area (Å²) in [6.07, 6.45) is 0.340. The average molecular weight is 416 g/mol. The zero-order chi connectivity index (χ0) is 19.9. The molecule has 0 bridgehead atoms. The van der Waals surface area contributed by atoms with Gasteiger partial charge in [0.2, 0.25) is 5.91 Å². The number of esters is 1.